The monoisotopic (exact) mass is 713 g/mol. The first-order chi connectivity index (χ1) is 27.8. The van der Waals surface area contributed by atoms with E-state index in [4.69, 9.17) is 0 Å². The number of benzene rings is 9. The third-order valence-electron chi connectivity index (χ3n) is 11.1. The van der Waals surface area contributed by atoms with Crippen molar-refractivity contribution in [1.82, 2.24) is 0 Å². The van der Waals surface area contributed by atoms with Crippen molar-refractivity contribution in [1.29, 1.82) is 0 Å². The second-order valence-electron chi connectivity index (χ2n) is 14.4. The lowest BCUT2D eigenvalue weighted by Crippen LogP contribution is -2.16. The molecule has 0 fully saturated rings. The molecule has 10 rings (SSSR count). The summed E-state index contributed by atoms with van der Waals surface area (Å²) in [7, 11) is 0. The second kappa shape index (κ2) is 14.5. The molecule has 0 bridgehead atoms. The van der Waals surface area contributed by atoms with Crippen molar-refractivity contribution in [3.05, 3.63) is 236 Å². The Morgan fingerprint density at radius 1 is 0.286 bits per heavy atom. The van der Waals surface area contributed by atoms with E-state index in [2.05, 4.69) is 229 Å². The molecule has 1 aliphatic carbocycles. The van der Waals surface area contributed by atoms with Crippen LogP contribution < -0.4 is 4.90 Å². The van der Waals surface area contributed by atoms with Gasteiger partial charge in [-0.2, -0.15) is 0 Å². The summed E-state index contributed by atoms with van der Waals surface area (Å²) in [5.74, 6) is 0. The lowest BCUT2D eigenvalue weighted by Gasteiger charge is -2.34. The third kappa shape index (κ3) is 5.91. The molecule has 0 aromatic heterocycles. The van der Waals surface area contributed by atoms with Gasteiger partial charge in [-0.15, -0.1) is 0 Å². The largest absolute Gasteiger partial charge is 0.308 e. The average Bonchev–Trinajstić information content (AvgIpc) is 3.66. The number of fused-ring (bicyclic) bond motifs is 3. The lowest BCUT2D eigenvalue weighted by atomic mass is 9.86. The van der Waals surface area contributed by atoms with Gasteiger partial charge in [0.25, 0.3) is 0 Å². The molecule has 0 N–H and O–H groups in total. The van der Waals surface area contributed by atoms with Gasteiger partial charge in [0.1, 0.15) is 0 Å². The molecule has 0 radical (unpaired) electrons. The van der Waals surface area contributed by atoms with E-state index >= 15 is 0 Å². The molecular weight excluding hydrogens is 675 g/mol. The molecule has 56 heavy (non-hydrogen) atoms. The van der Waals surface area contributed by atoms with Gasteiger partial charge in [0.05, 0.1) is 17.1 Å². The molecule has 9 aromatic rings. The molecule has 1 heteroatoms. The molecule has 1 nitrogen and oxygen atoms in total. The van der Waals surface area contributed by atoms with Crippen molar-refractivity contribution in [2.24, 2.45) is 0 Å². The summed E-state index contributed by atoms with van der Waals surface area (Å²) in [4.78, 5) is 2.60. The Morgan fingerprint density at radius 2 is 0.696 bits per heavy atom. The number of anilines is 3. The van der Waals surface area contributed by atoms with Crippen molar-refractivity contribution >= 4 is 17.1 Å². The summed E-state index contributed by atoms with van der Waals surface area (Å²) >= 11 is 0. The van der Waals surface area contributed by atoms with Crippen molar-refractivity contribution < 1.29 is 0 Å². The molecular formula is C55H39N. The minimum Gasteiger partial charge on any atom is -0.308 e. The van der Waals surface area contributed by atoms with Gasteiger partial charge in [-0.3, -0.25) is 0 Å². The number of rotatable bonds is 8. The van der Waals surface area contributed by atoms with Crippen molar-refractivity contribution in [3.63, 3.8) is 0 Å². The number of hydrogen-bond donors (Lipinski definition) is 0. The van der Waals surface area contributed by atoms with Crippen molar-refractivity contribution in [3.8, 4) is 66.8 Å². The van der Waals surface area contributed by atoms with Crippen LogP contribution in [-0.4, -0.2) is 0 Å². The topological polar surface area (TPSA) is 3.24 Å². The van der Waals surface area contributed by atoms with E-state index in [1.807, 2.05) is 0 Å². The first-order valence-corrected chi connectivity index (χ1v) is 19.4. The summed E-state index contributed by atoms with van der Waals surface area (Å²) < 4.78 is 0. The molecule has 1 aliphatic rings. The van der Waals surface area contributed by atoms with E-state index in [-0.39, 0.29) is 0 Å². The standard InChI is InChI=1S/C55H39N/c1-5-21-39(22-6-1)44-30-15-16-33-47(44)48-34-18-20-36-53(48)56(52-35-19-17-32-46(52)40-23-7-2-8-24-40)55-51-37-43-29-13-14-31-45(43)50(51)38-49(41-25-9-3-10-26-41)54(55)42-27-11-4-12-28-42/h1-36,38H,37H2. The van der Waals surface area contributed by atoms with Crippen LogP contribution in [0.4, 0.5) is 17.1 Å². The van der Waals surface area contributed by atoms with Crippen LogP contribution in [0.25, 0.3) is 66.8 Å². The van der Waals surface area contributed by atoms with Gasteiger partial charge in [-0.1, -0.05) is 206 Å². The second-order valence-corrected chi connectivity index (χ2v) is 14.4. The highest BCUT2D eigenvalue weighted by Gasteiger charge is 2.32. The molecule has 0 amide bonds. The van der Waals surface area contributed by atoms with Crippen molar-refractivity contribution in [2.45, 2.75) is 6.42 Å². The quantitative estimate of drug-likeness (QED) is 0.152. The van der Waals surface area contributed by atoms with Gasteiger partial charge in [0.2, 0.25) is 0 Å². The van der Waals surface area contributed by atoms with E-state index in [0.29, 0.717) is 0 Å². The Labute approximate surface area is 329 Å². The van der Waals surface area contributed by atoms with Gasteiger partial charge < -0.3 is 4.90 Å². The molecule has 0 atom stereocenters. The molecule has 9 aromatic carbocycles. The molecule has 0 spiro atoms. The first-order valence-electron chi connectivity index (χ1n) is 19.4. The fraction of sp³-hybridized carbons (Fsp3) is 0.0182. The van der Waals surface area contributed by atoms with Gasteiger partial charge >= 0.3 is 0 Å². The molecule has 0 aliphatic heterocycles. The first kappa shape index (κ1) is 33.4. The SMILES string of the molecule is c1ccc(-c2ccccc2-c2ccccc2N(c2ccccc2-c2ccccc2)c2c3c(cc(-c4ccccc4)c2-c2ccccc2)-c2ccccc2C3)cc1. The summed E-state index contributed by atoms with van der Waals surface area (Å²) in [6.07, 6.45) is 0.836. The predicted molar refractivity (Wildman–Crippen MR) is 237 cm³/mol. The number of nitrogens with zero attached hydrogens (tertiary/aromatic N) is 1. The van der Waals surface area contributed by atoms with Crippen LogP contribution in [0.5, 0.6) is 0 Å². The van der Waals surface area contributed by atoms with Gasteiger partial charge in [-0.25, -0.2) is 0 Å². The highest BCUT2D eigenvalue weighted by atomic mass is 15.2. The van der Waals surface area contributed by atoms with Crippen LogP contribution in [0.3, 0.4) is 0 Å². The van der Waals surface area contributed by atoms with Crippen LogP contribution >= 0.6 is 0 Å². The van der Waals surface area contributed by atoms with E-state index in [1.54, 1.807) is 0 Å². The smallest absolute Gasteiger partial charge is 0.0588 e. The lowest BCUT2D eigenvalue weighted by molar-refractivity contribution is 1.20. The van der Waals surface area contributed by atoms with Crippen LogP contribution in [0.1, 0.15) is 11.1 Å². The van der Waals surface area contributed by atoms with Crippen LogP contribution in [0, 0.1) is 0 Å². The zero-order valence-corrected chi connectivity index (χ0v) is 31.0. The maximum absolute atomic E-state index is 2.60. The van der Waals surface area contributed by atoms with E-state index in [1.165, 1.54) is 83.6 Å². The van der Waals surface area contributed by atoms with Crippen LogP contribution in [-0.2, 0) is 6.42 Å². The summed E-state index contributed by atoms with van der Waals surface area (Å²) in [6, 6.07) is 81.7. The molecule has 0 saturated heterocycles. The van der Waals surface area contributed by atoms with Crippen LogP contribution in [0.15, 0.2) is 224 Å². The Hall–Kier alpha value is -7.22. The Balaban J connectivity index is 1.37. The Morgan fingerprint density at radius 3 is 1.30 bits per heavy atom. The Kier molecular flexibility index (Phi) is 8.67. The minimum absolute atomic E-state index is 0.836. The van der Waals surface area contributed by atoms with Crippen molar-refractivity contribution in [2.75, 3.05) is 4.90 Å². The molecule has 264 valence electrons. The van der Waals surface area contributed by atoms with Gasteiger partial charge in [-0.05, 0) is 79.4 Å². The van der Waals surface area contributed by atoms with Crippen LogP contribution in [0.2, 0.25) is 0 Å². The third-order valence-corrected chi connectivity index (χ3v) is 11.1. The van der Waals surface area contributed by atoms with E-state index < -0.39 is 0 Å². The molecule has 0 unspecified atom stereocenters. The number of hydrogen-bond acceptors (Lipinski definition) is 1. The predicted octanol–water partition coefficient (Wildman–Crippen LogP) is 15.1. The zero-order chi connectivity index (χ0) is 37.3. The Bertz CT molecular complexity index is 2810. The summed E-state index contributed by atoms with van der Waals surface area (Å²) in [5, 5.41) is 0. The normalized spacial score (nSPS) is 11.5. The van der Waals surface area contributed by atoms with Gasteiger partial charge in [0, 0.05) is 23.1 Å². The highest BCUT2D eigenvalue weighted by molar-refractivity contribution is 6.07. The summed E-state index contributed by atoms with van der Waals surface area (Å²) in [5.41, 5.74) is 20.7. The zero-order valence-electron chi connectivity index (χ0n) is 31.0. The fourth-order valence-electron chi connectivity index (χ4n) is 8.63. The molecule has 0 heterocycles. The minimum atomic E-state index is 0.836. The molecule has 0 saturated carbocycles. The van der Waals surface area contributed by atoms with E-state index in [9.17, 15) is 0 Å². The average molecular weight is 714 g/mol. The van der Waals surface area contributed by atoms with Gasteiger partial charge in [0.15, 0.2) is 0 Å². The summed E-state index contributed by atoms with van der Waals surface area (Å²) in [6.45, 7) is 0. The number of para-hydroxylation sites is 2. The maximum Gasteiger partial charge on any atom is 0.0588 e. The fourth-order valence-corrected chi connectivity index (χ4v) is 8.63. The highest BCUT2D eigenvalue weighted by Crippen LogP contribution is 2.56. The maximum atomic E-state index is 2.60. The van der Waals surface area contributed by atoms with E-state index in [0.717, 1.165) is 17.8 Å².